The van der Waals surface area contributed by atoms with Crippen LogP contribution in [0.2, 0.25) is 0 Å². The van der Waals surface area contributed by atoms with Crippen molar-refractivity contribution in [3.63, 3.8) is 0 Å². The van der Waals surface area contributed by atoms with E-state index in [2.05, 4.69) is 30.2 Å². The van der Waals surface area contributed by atoms with E-state index in [1.807, 2.05) is 10.9 Å². The van der Waals surface area contributed by atoms with Gasteiger partial charge in [0.15, 0.2) is 0 Å². The van der Waals surface area contributed by atoms with Crippen molar-refractivity contribution < 1.29 is 9.47 Å². The van der Waals surface area contributed by atoms with Crippen LogP contribution in [-0.2, 0) is 9.47 Å². The second kappa shape index (κ2) is 4.13. The zero-order valence-corrected chi connectivity index (χ0v) is 10.1. The monoisotopic (exact) mass is 232 g/mol. The lowest BCUT2D eigenvalue weighted by Crippen LogP contribution is -2.25. The van der Waals surface area contributed by atoms with Crippen molar-refractivity contribution in [3.8, 4) is 0 Å². The molecule has 0 radical (unpaired) electrons. The molecule has 4 heteroatoms. The Balaban J connectivity index is 2.05. The first-order chi connectivity index (χ1) is 8.29. The summed E-state index contributed by atoms with van der Waals surface area (Å²) in [5.41, 5.74) is 2.40. The van der Waals surface area contributed by atoms with Gasteiger partial charge in [-0.15, -0.1) is 0 Å². The molecule has 0 spiro atoms. The van der Waals surface area contributed by atoms with Gasteiger partial charge in [0.1, 0.15) is 12.1 Å². The van der Waals surface area contributed by atoms with Gasteiger partial charge in [-0.25, -0.2) is 0 Å². The number of hydrogen-bond acceptors (Lipinski definition) is 3. The highest BCUT2D eigenvalue weighted by Crippen LogP contribution is 2.26. The highest BCUT2D eigenvalue weighted by atomic mass is 16.5. The minimum absolute atomic E-state index is 0.0967. The van der Waals surface area contributed by atoms with Crippen LogP contribution < -0.4 is 0 Å². The van der Waals surface area contributed by atoms with Gasteiger partial charge in [0.2, 0.25) is 0 Å². The van der Waals surface area contributed by atoms with E-state index in [0.717, 1.165) is 5.52 Å². The first-order valence-corrected chi connectivity index (χ1v) is 5.84. The molecule has 0 aliphatic carbocycles. The molecule has 1 fully saturated rings. The van der Waals surface area contributed by atoms with Gasteiger partial charge >= 0.3 is 0 Å². The second-order valence-corrected chi connectivity index (χ2v) is 4.53. The molecule has 0 saturated carbocycles. The molecule has 1 aliphatic rings. The fourth-order valence-electron chi connectivity index (χ4n) is 2.41. The van der Waals surface area contributed by atoms with Crippen molar-refractivity contribution in [2.75, 3.05) is 20.3 Å². The van der Waals surface area contributed by atoms with Gasteiger partial charge in [-0.1, -0.05) is 11.6 Å². The third kappa shape index (κ3) is 1.73. The molecule has 17 heavy (non-hydrogen) atoms. The van der Waals surface area contributed by atoms with Gasteiger partial charge in [-0.2, -0.15) is 5.10 Å². The smallest absolute Gasteiger partial charge is 0.105 e. The molecule has 1 aromatic carbocycles. The third-order valence-electron chi connectivity index (χ3n) is 3.37. The highest BCUT2D eigenvalue weighted by Gasteiger charge is 2.31. The largest absolute Gasteiger partial charge is 0.377 e. The summed E-state index contributed by atoms with van der Waals surface area (Å²) >= 11 is 0. The van der Waals surface area contributed by atoms with E-state index in [9.17, 15) is 0 Å². The summed E-state index contributed by atoms with van der Waals surface area (Å²) in [5, 5.41) is 5.65. The molecule has 1 aliphatic heterocycles. The predicted molar refractivity (Wildman–Crippen MR) is 65.1 cm³/mol. The average molecular weight is 232 g/mol. The number of rotatable bonds is 2. The van der Waals surface area contributed by atoms with Crippen LogP contribution in [0, 0.1) is 6.92 Å². The maximum atomic E-state index is 5.47. The number of aromatic nitrogens is 2. The zero-order chi connectivity index (χ0) is 11.8. The van der Waals surface area contributed by atoms with Crippen molar-refractivity contribution in [1.29, 1.82) is 0 Å². The van der Waals surface area contributed by atoms with Crippen molar-refractivity contribution in [2.24, 2.45) is 0 Å². The van der Waals surface area contributed by atoms with Gasteiger partial charge in [0.05, 0.1) is 24.9 Å². The van der Waals surface area contributed by atoms with Gasteiger partial charge in [-0.3, -0.25) is 4.68 Å². The van der Waals surface area contributed by atoms with E-state index in [0.29, 0.717) is 13.2 Å². The number of ether oxygens (including phenoxy) is 2. The predicted octanol–water partition coefficient (Wildman–Crippen LogP) is 1.93. The number of nitrogens with zero attached hydrogens (tertiary/aromatic N) is 2. The van der Waals surface area contributed by atoms with E-state index in [4.69, 9.17) is 9.47 Å². The van der Waals surface area contributed by atoms with E-state index >= 15 is 0 Å². The number of hydrogen-bond donors (Lipinski definition) is 0. The molecule has 0 N–H and O–H groups in total. The fourth-order valence-corrected chi connectivity index (χ4v) is 2.41. The molecule has 1 aromatic heterocycles. The van der Waals surface area contributed by atoms with Crippen molar-refractivity contribution >= 4 is 10.9 Å². The summed E-state index contributed by atoms with van der Waals surface area (Å²) in [5.74, 6) is 0. The molecule has 2 atom stereocenters. The Kier molecular flexibility index (Phi) is 2.61. The summed E-state index contributed by atoms with van der Waals surface area (Å²) in [6.45, 7) is 3.41. The maximum absolute atomic E-state index is 5.47. The number of aryl methyl sites for hydroxylation is 1. The van der Waals surface area contributed by atoms with Crippen molar-refractivity contribution in [1.82, 2.24) is 9.78 Å². The summed E-state index contributed by atoms with van der Waals surface area (Å²) < 4.78 is 12.9. The van der Waals surface area contributed by atoms with Crippen LogP contribution in [0.25, 0.3) is 10.9 Å². The fraction of sp³-hybridized carbons (Fsp3) is 0.462. The molecule has 2 aromatic rings. The Morgan fingerprint density at radius 3 is 3.12 bits per heavy atom. The molecule has 2 heterocycles. The molecular weight excluding hydrogens is 216 g/mol. The molecule has 1 saturated heterocycles. The van der Waals surface area contributed by atoms with Gasteiger partial charge < -0.3 is 9.47 Å². The number of benzene rings is 1. The van der Waals surface area contributed by atoms with E-state index in [1.54, 1.807) is 7.11 Å². The van der Waals surface area contributed by atoms with Gasteiger partial charge in [0, 0.05) is 12.5 Å². The normalized spacial score (nSPS) is 24.6. The van der Waals surface area contributed by atoms with Crippen LogP contribution in [0.5, 0.6) is 0 Å². The van der Waals surface area contributed by atoms with Crippen LogP contribution in [-0.4, -0.2) is 36.2 Å². The molecule has 2 unspecified atom stereocenters. The quantitative estimate of drug-likeness (QED) is 0.793. The van der Waals surface area contributed by atoms with Crippen LogP contribution >= 0.6 is 0 Å². The maximum Gasteiger partial charge on any atom is 0.105 e. The lowest BCUT2D eigenvalue weighted by Gasteiger charge is -2.17. The van der Waals surface area contributed by atoms with E-state index in [1.165, 1.54) is 10.9 Å². The Hall–Kier alpha value is -1.39. The van der Waals surface area contributed by atoms with Crippen LogP contribution in [0.15, 0.2) is 24.4 Å². The first-order valence-electron chi connectivity index (χ1n) is 5.84. The third-order valence-corrected chi connectivity index (χ3v) is 3.37. The summed E-state index contributed by atoms with van der Waals surface area (Å²) in [6.07, 6.45) is 2.01. The van der Waals surface area contributed by atoms with Gasteiger partial charge in [-0.05, 0) is 19.1 Å². The molecule has 0 bridgehead atoms. The standard InChI is InChI=1S/C13H16N2O2/c1-9-3-4-11-10(5-9)6-14-15(11)12-7-17-8-13(12)16-2/h3-6,12-13H,7-8H2,1-2H3. The van der Waals surface area contributed by atoms with Crippen molar-refractivity contribution in [2.45, 2.75) is 19.1 Å². The Morgan fingerprint density at radius 2 is 2.29 bits per heavy atom. The van der Waals surface area contributed by atoms with Crippen molar-refractivity contribution in [3.05, 3.63) is 30.0 Å². The first kappa shape index (κ1) is 10.7. The summed E-state index contributed by atoms with van der Waals surface area (Å²) in [7, 11) is 1.72. The summed E-state index contributed by atoms with van der Waals surface area (Å²) in [4.78, 5) is 0. The topological polar surface area (TPSA) is 36.3 Å². The minimum Gasteiger partial charge on any atom is -0.377 e. The average Bonchev–Trinajstić information content (AvgIpc) is 2.92. The molecule has 4 nitrogen and oxygen atoms in total. The van der Waals surface area contributed by atoms with Crippen LogP contribution in [0.3, 0.4) is 0 Å². The second-order valence-electron chi connectivity index (χ2n) is 4.53. The molecule has 90 valence electrons. The van der Waals surface area contributed by atoms with Crippen LogP contribution in [0.4, 0.5) is 0 Å². The number of fused-ring (bicyclic) bond motifs is 1. The van der Waals surface area contributed by atoms with Crippen LogP contribution in [0.1, 0.15) is 11.6 Å². The highest BCUT2D eigenvalue weighted by molar-refractivity contribution is 5.79. The molecule has 0 amide bonds. The Bertz CT molecular complexity index is 535. The lowest BCUT2D eigenvalue weighted by atomic mass is 10.1. The Labute approximate surface area is 100 Å². The zero-order valence-electron chi connectivity index (χ0n) is 10.1. The number of methoxy groups -OCH3 is 1. The van der Waals surface area contributed by atoms with E-state index < -0.39 is 0 Å². The summed E-state index contributed by atoms with van der Waals surface area (Å²) in [6, 6.07) is 6.55. The molecule has 3 rings (SSSR count). The van der Waals surface area contributed by atoms with Gasteiger partial charge in [0.25, 0.3) is 0 Å². The van der Waals surface area contributed by atoms with E-state index in [-0.39, 0.29) is 12.1 Å². The molecular formula is C13H16N2O2. The Morgan fingerprint density at radius 1 is 1.41 bits per heavy atom. The minimum atomic E-state index is 0.0967. The SMILES string of the molecule is COC1COCC1n1ncc2cc(C)ccc21. The lowest BCUT2D eigenvalue weighted by molar-refractivity contribution is 0.0673.